The van der Waals surface area contributed by atoms with Gasteiger partial charge in [0.25, 0.3) is 5.91 Å². The normalized spacial score (nSPS) is 11.0. The van der Waals surface area contributed by atoms with Crippen LogP contribution in [0, 0.1) is 12.7 Å². The molecule has 0 fully saturated rings. The van der Waals surface area contributed by atoms with Gasteiger partial charge in [-0.3, -0.25) is 4.79 Å². The molecule has 0 saturated heterocycles. The van der Waals surface area contributed by atoms with E-state index < -0.39 is 11.7 Å². The lowest BCUT2D eigenvalue weighted by atomic mass is 10.1. The Morgan fingerprint density at radius 3 is 2.80 bits per heavy atom. The van der Waals surface area contributed by atoms with Gasteiger partial charge in [0.15, 0.2) is 5.82 Å². The van der Waals surface area contributed by atoms with Crippen molar-refractivity contribution in [2.75, 3.05) is 5.32 Å². The minimum absolute atomic E-state index is 0.00215. The molecule has 124 valence electrons. The summed E-state index contributed by atoms with van der Waals surface area (Å²) >= 11 is 1.40. The molecule has 4 aromatic rings. The van der Waals surface area contributed by atoms with E-state index in [2.05, 4.69) is 20.6 Å². The van der Waals surface area contributed by atoms with Gasteiger partial charge < -0.3 is 5.32 Å². The minimum Gasteiger partial charge on any atom is -0.322 e. The number of nitrogens with one attached hydrogen (secondary N) is 1. The van der Waals surface area contributed by atoms with E-state index in [1.165, 1.54) is 23.5 Å². The van der Waals surface area contributed by atoms with E-state index >= 15 is 0 Å². The summed E-state index contributed by atoms with van der Waals surface area (Å²) in [5.41, 5.74) is 1.40. The molecule has 0 spiro atoms. The summed E-state index contributed by atoms with van der Waals surface area (Å²) in [6, 6.07) is 13.1. The van der Waals surface area contributed by atoms with Crippen LogP contribution in [0.1, 0.15) is 16.2 Å². The Morgan fingerprint density at radius 2 is 2.00 bits per heavy atom. The molecule has 6 nitrogen and oxygen atoms in total. The Labute approximate surface area is 146 Å². The first-order valence-corrected chi connectivity index (χ1v) is 8.28. The highest BCUT2D eigenvalue weighted by molar-refractivity contribution is 7.19. The van der Waals surface area contributed by atoms with Gasteiger partial charge in [0.05, 0.1) is 5.56 Å². The summed E-state index contributed by atoms with van der Waals surface area (Å²) in [7, 11) is 0. The van der Waals surface area contributed by atoms with Gasteiger partial charge in [-0.05, 0) is 31.2 Å². The number of aromatic nitrogens is 4. The molecule has 2 heterocycles. The van der Waals surface area contributed by atoms with Crippen LogP contribution in [-0.4, -0.2) is 25.7 Å². The summed E-state index contributed by atoms with van der Waals surface area (Å²) in [4.78, 5) is 12.9. The Morgan fingerprint density at radius 1 is 1.16 bits per heavy atom. The van der Waals surface area contributed by atoms with Crippen molar-refractivity contribution in [2.45, 2.75) is 6.92 Å². The average Bonchev–Trinajstić information content (AvgIpc) is 3.18. The third kappa shape index (κ3) is 2.87. The molecule has 0 unspecified atom stereocenters. The molecule has 25 heavy (non-hydrogen) atoms. The van der Waals surface area contributed by atoms with E-state index in [0.717, 1.165) is 10.6 Å². The number of benzene rings is 2. The van der Waals surface area contributed by atoms with Crippen LogP contribution >= 0.6 is 11.3 Å². The van der Waals surface area contributed by atoms with Gasteiger partial charge in [-0.15, -0.1) is 10.2 Å². The summed E-state index contributed by atoms with van der Waals surface area (Å²) in [6.45, 7) is 1.83. The molecule has 4 rings (SSSR count). The predicted octanol–water partition coefficient (Wildman–Crippen LogP) is 3.55. The fraction of sp³-hybridized carbons (Fsp3) is 0.0588. The number of rotatable bonds is 3. The highest BCUT2D eigenvalue weighted by atomic mass is 32.1. The second kappa shape index (κ2) is 6.06. The first-order chi connectivity index (χ1) is 12.1. The Kier molecular flexibility index (Phi) is 3.73. The molecule has 2 aromatic heterocycles. The number of fused-ring (bicyclic) bond motifs is 1. The molecule has 0 aliphatic heterocycles. The minimum atomic E-state index is -0.555. The predicted molar refractivity (Wildman–Crippen MR) is 93.2 cm³/mol. The van der Waals surface area contributed by atoms with Gasteiger partial charge in [0.2, 0.25) is 4.96 Å². The van der Waals surface area contributed by atoms with Gasteiger partial charge in [-0.2, -0.15) is 9.61 Å². The van der Waals surface area contributed by atoms with Crippen LogP contribution in [0.15, 0.2) is 48.5 Å². The van der Waals surface area contributed by atoms with E-state index in [1.807, 2.05) is 19.1 Å². The van der Waals surface area contributed by atoms with E-state index in [0.29, 0.717) is 16.5 Å². The molecule has 0 saturated carbocycles. The third-order valence-electron chi connectivity index (χ3n) is 3.63. The molecular formula is C17H12FN5OS. The molecule has 0 aliphatic rings. The number of amides is 1. The number of hydrogen-bond acceptors (Lipinski definition) is 5. The van der Waals surface area contributed by atoms with Crippen LogP contribution in [0.4, 0.5) is 10.1 Å². The standard InChI is InChI=1S/C17H12FN5OS/c1-10-20-21-17-23(10)22-16(25-17)11-5-4-6-12(9-11)19-15(24)13-7-2-3-8-14(13)18/h2-9H,1H3,(H,19,24). The molecular weight excluding hydrogens is 341 g/mol. The van der Waals surface area contributed by atoms with Crippen LogP contribution < -0.4 is 5.32 Å². The summed E-state index contributed by atoms with van der Waals surface area (Å²) in [6.07, 6.45) is 0. The number of aryl methyl sites for hydroxylation is 1. The van der Waals surface area contributed by atoms with E-state index in [1.54, 1.807) is 28.8 Å². The number of carbonyl (C=O) groups excluding carboxylic acids is 1. The maximum atomic E-state index is 13.7. The quantitative estimate of drug-likeness (QED) is 0.611. The largest absolute Gasteiger partial charge is 0.322 e. The first-order valence-electron chi connectivity index (χ1n) is 7.47. The molecule has 0 radical (unpaired) electrons. The maximum absolute atomic E-state index is 13.7. The second-order valence-electron chi connectivity index (χ2n) is 5.36. The molecule has 8 heteroatoms. The first kappa shape index (κ1) is 15.4. The highest BCUT2D eigenvalue weighted by Crippen LogP contribution is 2.27. The second-order valence-corrected chi connectivity index (χ2v) is 6.32. The topological polar surface area (TPSA) is 72.2 Å². The van der Waals surface area contributed by atoms with Crippen molar-refractivity contribution in [1.82, 2.24) is 19.8 Å². The molecule has 0 aliphatic carbocycles. The zero-order chi connectivity index (χ0) is 17.4. The van der Waals surface area contributed by atoms with Crippen molar-refractivity contribution in [3.8, 4) is 10.6 Å². The molecule has 0 bridgehead atoms. The summed E-state index contributed by atoms with van der Waals surface area (Å²) in [5.74, 6) is -0.342. The van der Waals surface area contributed by atoms with Gasteiger partial charge >= 0.3 is 0 Å². The molecule has 1 amide bonds. The fourth-order valence-electron chi connectivity index (χ4n) is 2.41. The van der Waals surface area contributed by atoms with Crippen molar-refractivity contribution >= 4 is 27.9 Å². The van der Waals surface area contributed by atoms with Crippen molar-refractivity contribution in [1.29, 1.82) is 0 Å². The lowest BCUT2D eigenvalue weighted by Gasteiger charge is -2.07. The van der Waals surface area contributed by atoms with Crippen molar-refractivity contribution in [3.05, 3.63) is 65.7 Å². The SMILES string of the molecule is Cc1nnc2sc(-c3cccc(NC(=O)c4ccccc4F)c3)nn12. The van der Waals surface area contributed by atoms with Crippen molar-refractivity contribution in [3.63, 3.8) is 0 Å². The van der Waals surface area contributed by atoms with Crippen LogP contribution in [-0.2, 0) is 0 Å². The van der Waals surface area contributed by atoms with Crippen LogP contribution in [0.2, 0.25) is 0 Å². The Bertz CT molecular complexity index is 1090. The third-order valence-corrected chi connectivity index (χ3v) is 4.58. The summed E-state index contributed by atoms with van der Waals surface area (Å²) in [5, 5.41) is 15.9. The van der Waals surface area contributed by atoms with Crippen LogP contribution in [0.25, 0.3) is 15.5 Å². The lowest BCUT2D eigenvalue weighted by Crippen LogP contribution is -2.13. The Hall–Kier alpha value is -3.13. The lowest BCUT2D eigenvalue weighted by molar-refractivity contribution is 0.102. The fourth-order valence-corrected chi connectivity index (χ4v) is 3.29. The zero-order valence-electron chi connectivity index (χ0n) is 13.1. The van der Waals surface area contributed by atoms with Crippen molar-refractivity contribution < 1.29 is 9.18 Å². The van der Waals surface area contributed by atoms with Gasteiger partial charge in [0.1, 0.15) is 10.8 Å². The van der Waals surface area contributed by atoms with E-state index in [9.17, 15) is 9.18 Å². The highest BCUT2D eigenvalue weighted by Gasteiger charge is 2.13. The van der Waals surface area contributed by atoms with E-state index in [-0.39, 0.29) is 5.56 Å². The van der Waals surface area contributed by atoms with Crippen LogP contribution in [0.3, 0.4) is 0 Å². The van der Waals surface area contributed by atoms with Gasteiger partial charge in [0, 0.05) is 11.3 Å². The average molecular weight is 353 g/mol. The van der Waals surface area contributed by atoms with Crippen molar-refractivity contribution in [2.24, 2.45) is 0 Å². The van der Waals surface area contributed by atoms with Gasteiger partial charge in [-0.1, -0.05) is 35.6 Å². The number of halogens is 1. The van der Waals surface area contributed by atoms with Gasteiger partial charge in [-0.25, -0.2) is 4.39 Å². The molecule has 1 N–H and O–H groups in total. The molecule has 2 aromatic carbocycles. The maximum Gasteiger partial charge on any atom is 0.258 e. The Balaban J connectivity index is 1.63. The number of nitrogens with zero attached hydrogens (tertiary/aromatic N) is 4. The zero-order valence-corrected chi connectivity index (χ0v) is 13.9. The smallest absolute Gasteiger partial charge is 0.258 e. The number of carbonyl (C=O) groups is 1. The number of hydrogen-bond donors (Lipinski definition) is 1. The number of anilines is 1. The molecule has 0 atom stereocenters. The monoisotopic (exact) mass is 353 g/mol. The van der Waals surface area contributed by atoms with E-state index in [4.69, 9.17) is 0 Å². The van der Waals surface area contributed by atoms with Crippen LogP contribution in [0.5, 0.6) is 0 Å². The summed E-state index contributed by atoms with van der Waals surface area (Å²) < 4.78 is 15.4.